The fourth-order valence-corrected chi connectivity index (χ4v) is 13.0. The summed E-state index contributed by atoms with van der Waals surface area (Å²) in [6.07, 6.45) is 10.8. The summed E-state index contributed by atoms with van der Waals surface area (Å²) in [6.45, 7) is 8.59. The molecule has 0 aliphatic heterocycles. The molecule has 6 heteroatoms. The monoisotopic (exact) mass is 410 g/mol. The predicted octanol–water partition coefficient (Wildman–Crippen LogP) is -1.78. The largest absolute Gasteiger partial charge is 1.00 e. The third-order valence-electron chi connectivity index (χ3n) is 4.89. The van der Waals surface area contributed by atoms with Crippen molar-refractivity contribution >= 4 is 12.6 Å². The van der Waals surface area contributed by atoms with Crippen LogP contribution in [0.15, 0.2) is 21.1 Å². The van der Waals surface area contributed by atoms with Crippen LogP contribution in [0.5, 0.6) is 0 Å². The van der Waals surface area contributed by atoms with Gasteiger partial charge in [-0.15, -0.1) is 0 Å². The molecule has 23 heavy (non-hydrogen) atoms. The zero-order valence-electron chi connectivity index (χ0n) is 14.8. The van der Waals surface area contributed by atoms with Crippen molar-refractivity contribution in [2.24, 2.45) is 5.92 Å². The Labute approximate surface area is 161 Å². The van der Waals surface area contributed by atoms with E-state index in [0.29, 0.717) is 11.8 Å². The number of carbonyl (C=O) groups is 1. The molecular formula is C17H30Cl2NOSiTi. The van der Waals surface area contributed by atoms with E-state index in [-0.39, 0.29) is 24.8 Å². The zero-order chi connectivity index (χ0) is 15.4. The van der Waals surface area contributed by atoms with Gasteiger partial charge in [-0.2, -0.15) is 0 Å². The summed E-state index contributed by atoms with van der Waals surface area (Å²) in [5.74, 6) is 0.713. The third-order valence-corrected chi connectivity index (χ3v) is 16.0. The second-order valence-corrected chi connectivity index (χ2v) is 19.7. The topological polar surface area (TPSA) is 29.1 Å². The number of hydrogen-bond donors (Lipinski definition) is 1. The molecule has 1 saturated carbocycles. The van der Waals surface area contributed by atoms with Gasteiger partial charge in [-0.25, -0.2) is 0 Å². The molecule has 0 saturated heterocycles. The Morgan fingerprint density at radius 1 is 1.26 bits per heavy atom. The van der Waals surface area contributed by atoms with Crippen LogP contribution in [-0.4, -0.2) is 12.6 Å². The van der Waals surface area contributed by atoms with Gasteiger partial charge in [0.2, 0.25) is 0 Å². The molecule has 0 bridgehead atoms. The van der Waals surface area contributed by atoms with Crippen LogP contribution in [-0.2, 0) is 22.2 Å². The summed E-state index contributed by atoms with van der Waals surface area (Å²) in [6, 6.07) is 0. The van der Waals surface area contributed by atoms with E-state index in [9.17, 15) is 4.79 Å². The van der Waals surface area contributed by atoms with Crippen molar-refractivity contribution in [1.29, 1.82) is 0 Å². The first-order valence-corrected chi connectivity index (χ1v) is 15.8. The van der Waals surface area contributed by atoms with E-state index in [1.54, 1.807) is 9.45 Å². The molecule has 0 atom stereocenters. The van der Waals surface area contributed by atoms with Crippen LogP contribution in [0.1, 0.15) is 58.8 Å². The predicted molar refractivity (Wildman–Crippen MR) is 89.3 cm³/mol. The maximum atomic E-state index is 12.6. The van der Waals surface area contributed by atoms with Crippen LogP contribution in [0.25, 0.3) is 0 Å². The molecule has 2 aliphatic rings. The van der Waals surface area contributed by atoms with Crippen molar-refractivity contribution in [3.63, 3.8) is 0 Å². The molecule has 1 fully saturated rings. The molecule has 1 amide bonds. The summed E-state index contributed by atoms with van der Waals surface area (Å²) in [5, 5.41) is 0. The van der Waals surface area contributed by atoms with Gasteiger partial charge in [0.15, 0.2) is 0 Å². The van der Waals surface area contributed by atoms with E-state index in [1.807, 2.05) is 0 Å². The molecule has 0 spiro atoms. The van der Waals surface area contributed by atoms with Gasteiger partial charge in [0.25, 0.3) is 0 Å². The Bertz CT molecular complexity index is 460. The van der Waals surface area contributed by atoms with Gasteiger partial charge in [-0.05, 0) is 0 Å². The molecule has 1 N–H and O–H groups in total. The van der Waals surface area contributed by atoms with E-state index in [2.05, 4.69) is 36.8 Å². The van der Waals surface area contributed by atoms with Crippen LogP contribution >= 0.6 is 0 Å². The van der Waals surface area contributed by atoms with Crippen molar-refractivity contribution in [3.8, 4) is 0 Å². The maximum Gasteiger partial charge on any atom is -1.00 e. The smallest absolute Gasteiger partial charge is 1.00 e. The second-order valence-electron chi connectivity index (χ2n) is 6.90. The molecule has 131 valence electrons. The normalized spacial score (nSPS) is 18.2. The number of nitrogens with one attached hydrogen (secondary N) is 1. The van der Waals surface area contributed by atoms with Crippen molar-refractivity contribution in [2.45, 2.75) is 71.9 Å². The molecule has 0 aromatic heterocycles. The Hall–Kier alpha value is 0.461. The fourth-order valence-electron chi connectivity index (χ4n) is 3.56. The van der Waals surface area contributed by atoms with Gasteiger partial charge in [-0.3, -0.25) is 0 Å². The average Bonchev–Trinajstić information content (AvgIpc) is 2.85. The standard InChI is InChI=1S/C8H11.C7H13NO.C2H7Si.2ClH.Ti/c1-3-8-6-4-5-7(8)2;8-7(9)6-4-2-1-3-5-6;1-3-2;;;/h6H,3,5H2,1-2H3;6H,1-5H2,(H2,8,9);3H,1-2H3;2*1H;/q;;;;;+3/p-3. The van der Waals surface area contributed by atoms with Gasteiger partial charge in [0.1, 0.15) is 0 Å². The van der Waals surface area contributed by atoms with E-state index < -0.39 is 24.0 Å². The van der Waals surface area contributed by atoms with E-state index in [4.69, 9.17) is 0 Å². The zero-order valence-corrected chi connectivity index (χ0v) is 19.1. The first-order chi connectivity index (χ1) is 10.0. The number of halogens is 2. The second kappa shape index (κ2) is 11.1. The van der Waals surface area contributed by atoms with Gasteiger partial charge >= 0.3 is 137 Å². The molecule has 2 aliphatic carbocycles. The van der Waals surface area contributed by atoms with Gasteiger partial charge in [0, 0.05) is 0 Å². The molecule has 0 aromatic rings. The Morgan fingerprint density at radius 2 is 1.87 bits per heavy atom. The summed E-state index contributed by atoms with van der Waals surface area (Å²) in [5.41, 5.74) is 3.07. The number of rotatable bonds is 5. The molecule has 2 nitrogen and oxygen atoms in total. The SMILES string of the molecule is CCC1=C(C)C[C]([Ti+2]([NH]C(=O)C2CCCCC2)[SiH](C)C)=C1.[Cl-].[Cl-]. The van der Waals surface area contributed by atoms with E-state index in [0.717, 1.165) is 25.7 Å². The fraction of sp³-hybridized carbons (Fsp3) is 0.706. The third kappa shape index (κ3) is 6.36. The maximum absolute atomic E-state index is 12.6. The van der Waals surface area contributed by atoms with Crippen LogP contribution in [0.3, 0.4) is 0 Å². The number of carbonyl (C=O) groups excluding carboxylic acids is 1. The summed E-state index contributed by atoms with van der Waals surface area (Å²) in [4.78, 5) is 12.6. The first kappa shape index (κ1) is 23.5. The Kier molecular flexibility index (Phi) is 11.4. The Morgan fingerprint density at radius 3 is 2.35 bits per heavy atom. The molecule has 0 aromatic carbocycles. The van der Waals surface area contributed by atoms with Crippen LogP contribution in [0.2, 0.25) is 13.1 Å². The molecule has 0 unspecified atom stereocenters. The minimum atomic E-state index is -1.53. The van der Waals surface area contributed by atoms with Gasteiger partial charge in [0.05, 0.1) is 0 Å². The summed E-state index contributed by atoms with van der Waals surface area (Å²) >= 11 is -1.53. The molecule has 2 rings (SSSR count). The van der Waals surface area contributed by atoms with Gasteiger partial charge < -0.3 is 24.8 Å². The quantitative estimate of drug-likeness (QED) is 0.533. The van der Waals surface area contributed by atoms with Crippen LogP contribution in [0, 0.1) is 5.92 Å². The van der Waals surface area contributed by atoms with E-state index in [1.165, 1.54) is 24.8 Å². The molecular weight excluding hydrogens is 381 g/mol. The number of hydrogen-bond acceptors (Lipinski definition) is 1. The summed E-state index contributed by atoms with van der Waals surface area (Å²) in [7, 11) is 0. The van der Waals surface area contributed by atoms with Crippen LogP contribution in [0.4, 0.5) is 0 Å². The number of allylic oxidation sites excluding steroid dienone is 4. The van der Waals surface area contributed by atoms with Crippen molar-refractivity contribution in [1.82, 2.24) is 3.80 Å². The van der Waals surface area contributed by atoms with Crippen molar-refractivity contribution in [3.05, 3.63) is 21.1 Å². The summed E-state index contributed by atoms with van der Waals surface area (Å²) < 4.78 is 5.22. The average molecular weight is 411 g/mol. The van der Waals surface area contributed by atoms with Crippen LogP contribution < -0.4 is 28.6 Å². The molecule has 0 heterocycles. The molecule has 0 radical (unpaired) electrons. The van der Waals surface area contributed by atoms with Crippen molar-refractivity contribution in [2.75, 3.05) is 0 Å². The minimum absolute atomic E-state index is 0. The van der Waals surface area contributed by atoms with Gasteiger partial charge in [-0.1, -0.05) is 0 Å². The number of amides is 1. The Balaban J connectivity index is 0.00000242. The van der Waals surface area contributed by atoms with Crippen molar-refractivity contribution < 1.29 is 47.0 Å². The van der Waals surface area contributed by atoms with E-state index >= 15 is 0 Å². The minimum Gasteiger partial charge on any atom is -1.00 e. The first-order valence-electron chi connectivity index (χ1n) is 8.60.